The van der Waals surface area contributed by atoms with Crippen LogP contribution in [0.5, 0.6) is 5.75 Å². The third kappa shape index (κ3) is 7.60. The smallest absolute Gasteiger partial charge is 0.159 e. The summed E-state index contributed by atoms with van der Waals surface area (Å²) in [5.74, 6) is 3.27. The zero-order chi connectivity index (χ0) is 22.6. The van der Waals surface area contributed by atoms with Crippen LogP contribution in [0.25, 0.3) is 11.4 Å². The Morgan fingerprint density at radius 2 is 1.75 bits per heavy atom. The summed E-state index contributed by atoms with van der Waals surface area (Å²) in [6.07, 6.45) is 18.9. The highest BCUT2D eigenvalue weighted by Crippen LogP contribution is 2.29. The molecule has 3 rings (SSSR count). The minimum atomic E-state index is 0.652. The van der Waals surface area contributed by atoms with Crippen LogP contribution in [-0.4, -0.2) is 16.6 Å². The van der Waals surface area contributed by atoms with E-state index in [0.717, 1.165) is 42.5 Å². The average molecular weight is 437 g/mol. The molecule has 2 atom stereocenters. The van der Waals surface area contributed by atoms with Gasteiger partial charge in [0, 0.05) is 17.5 Å². The Bertz CT molecular complexity index is 786. The van der Waals surface area contributed by atoms with Crippen molar-refractivity contribution in [3.63, 3.8) is 0 Å². The van der Waals surface area contributed by atoms with Gasteiger partial charge in [-0.15, -0.1) is 0 Å². The molecule has 1 heterocycles. The molecule has 3 heteroatoms. The van der Waals surface area contributed by atoms with Crippen LogP contribution < -0.4 is 4.74 Å². The number of ether oxygens (including phenoxy) is 1. The lowest BCUT2D eigenvalue weighted by Gasteiger charge is -2.24. The van der Waals surface area contributed by atoms with Gasteiger partial charge in [-0.1, -0.05) is 78.6 Å². The molecule has 0 N–H and O–H groups in total. The Balaban J connectivity index is 1.51. The number of aromatic nitrogens is 2. The average Bonchev–Trinajstić information content (AvgIpc) is 2.84. The van der Waals surface area contributed by atoms with Crippen molar-refractivity contribution in [3.05, 3.63) is 41.7 Å². The second-order valence-corrected chi connectivity index (χ2v) is 9.73. The van der Waals surface area contributed by atoms with Gasteiger partial charge < -0.3 is 4.74 Å². The van der Waals surface area contributed by atoms with Gasteiger partial charge in [-0.3, -0.25) is 0 Å². The van der Waals surface area contributed by atoms with E-state index in [1.807, 2.05) is 0 Å². The second-order valence-electron chi connectivity index (χ2n) is 9.73. The highest BCUT2D eigenvalue weighted by molar-refractivity contribution is 5.56. The number of nitrogens with zero attached hydrogens (tertiary/aromatic N) is 2. The van der Waals surface area contributed by atoms with E-state index in [1.54, 1.807) is 0 Å². The molecule has 0 fully saturated rings. The number of unbranched alkanes of at least 4 members (excludes halogenated alkanes) is 5. The van der Waals surface area contributed by atoms with Crippen molar-refractivity contribution >= 4 is 0 Å². The summed E-state index contributed by atoms with van der Waals surface area (Å²) in [6.45, 7) is 7.61. The van der Waals surface area contributed by atoms with Crippen LogP contribution in [0.15, 0.2) is 30.5 Å². The normalized spacial score (nSPS) is 16.5. The van der Waals surface area contributed by atoms with Gasteiger partial charge in [-0.05, 0) is 67.3 Å². The Kier molecular flexibility index (Phi) is 10.5. The third-order valence-corrected chi connectivity index (χ3v) is 7.11. The fourth-order valence-electron chi connectivity index (χ4n) is 4.82. The maximum atomic E-state index is 6.06. The minimum Gasteiger partial charge on any atom is -0.493 e. The van der Waals surface area contributed by atoms with Crippen LogP contribution in [-0.2, 0) is 12.8 Å². The number of fused-ring (bicyclic) bond motifs is 1. The van der Waals surface area contributed by atoms with Crippen molar-refractivity contribution in [2.45, 2.75) is 104 Å². The topological polar surface area (TPSA) is 35.0 Å². The van der Waals surface area contributed by atoms with E-state index in [-0.39, 0.29) is 0 Å². The quantitative estimate of drug-likeness (QED) is 0.280. The number of hydrogen-bond acceptors (Lipinski definition) is 3. The zero-order valence-electron chi connectivity index (χ0n) is 20.7. The molecule has 1 aromatic heterocycles. The lowest BCUT2D eigenvalue weighted by molar-refractivity contribution is 0.233. The number of hydrogen-bond donors (Lipinski definition) is 0. The molecule has 0 radical (unpaired) electrons. The molecule has 1 aromatic carbocycles. The summed E-state index contributed by atoms with van der Waals surface area (Å²) in [5.41, 5.74) is 3.71. The molecule has 0 amide bonds. The van der Waals surface area contributed by atoms with Crippen LogP contribution in [0.1, 0.15) is 103 Å². The Morgan fingerprint density at radius 1 is 0.969 bits per heavy atom. The monoisotopic (exact) mass is 436 g/mol. The standard InChI is InChI=1S/C29H44N2O/c1-4-7-9-10-11-13-24-14-19-28-26(20-24)21-30-29(31-28)25-15-17-27(18-16-25)32-22-23(6-3)12-8-5-2/h15-18,21,23-24H,4-14,19-20,22H2,1-3H3. The van der Waals surface area contributed by atoms with Crippen LogP contribution in [0.4, 0.5) is 0 Å². The first kappa shape index (κ1) is 24.7. The Morgan fingerprint density at radius 3 is 2.50 bits per heavy atom. The van der Waals surface area contributed by atoms with Gasteiger partial charge in [0.15, 0.2) is 5.82 Å². The molecular formula is C29H44N2O. The predicted octanol–water partition coefficient (Wildman–Crippen LogP) is 8.20. The molecule has 0 spiro atoms. The third-order valence-electron chi connectivity index (χ3n) is 7.11. The van der Waals surface area contributed by atoms with Crippen molar-refractivity contribution in [2.24, 2.45) is 11.8 Å². The molecule has 0 aliphatic heterocycles. The minimum absolute atomic E-state index is 0.652. The van der Waals surface area contributed by atoms with E-state index in [1.165, 1.54) is 81.9 Å². The van der Waals surface area contributed by atoms with Gasteiger partial charge in [-0.25, -0.2) is 9.97 Å². The van der Waals surface area contributed by atoms with Crippen molar-refractivity contribution in [2.75, 3.05) is 6.61 Å². The van der Waals surface area contributed by atoms with Gasteiger partial charge in [0.05, 0.1) is 6.61 Å². The van der Waals surface area contributed by atoms with Crippen molar-refractivity contribution in [1.82, 2.24) is 9.97 Å². The Labute approximate surface area is 196 Å². The van der Waals surface area contributed by atoms with Crippen molar-refractivity contribution in [1.29, 1.82) is 0 Å². The van der Waals surface area contributed by atoms with Crippen molar-refractivity contribution in [3.8, 4) is 17.1 Å². The highest BCUT2D eigenvalue weighted by Gasteiger charge is 2.20. The van der Waals surface area contributed by atoms with Crippen LogP contribution >= 0.6 is 0 Å². The molecule has 32 heavy (non-hydrogen) atoms. The highest BCUT2D eigenvalue weighted by atomic mass is 16.5. The first-order valence-electron chi connectivity index (χ1n) is 13.3. The summed E-state index contributed by atoms with van der Waals surface area (Å²) in [5, 5.41) is 0. The van der Waals surface area contributed by atoms with Crippen LogP contribution in [0.2, 0.25) is 0 Å². The fourth-order valence-corrected chi connectivity index (χ4v) is 4.82. The maximum absolute atomic E-state index is 6.06. The van der Waals surface area contributed by atoms with Crippen LogP contribution in [0.3, 0.4) is 0 Å². The zero-order valence-corrected chi connectivity index (χ0v) is 20.7. The van der Waals surface area contributed by atoms with E-state index in [9.17, 15) is 0 Å². The molecule has 0 bridgehead atoms. The SMILES string of the molecule is CCCCCCCC1CCc2nc(-c3ccc(OCC(CC)CCCC)cc3)ncc2C1. The molecular weight excluding hydrogens is 392 g/mol. The number of benzene rings is 1. The largest absolute Gasteiger partial charge is 0.493 e. The predicted molar refractivity (Wildman–Crippen MR) is 135 cm³/mol. The van der Waals surface area contributed by atoms with E-state index in [4.69, 9.17) is 14.7 Å². The van der Waals surface area contributed by atoms with E-state index < -0.39 is 0 Å². The molecule has 2 aromatic rings. The maximum Gasteiger partial charge on any atom is 0.159 e. The molecule has 2 unspecified atom stereocenters. The van der Waals surface area contributed by atoms with Gasteiger partial charge >= 0.3 is 0 Å². The van der Waals surface area contributed by atoms with E-state index >= 15 is 0 Å². The van der Waals surface area contributed by atoms with E-state index in [0.29, 0.717) is 5.92 Å². The lowest BCUT2D eigenvalue weighted by atomic mass is 9.84. The summed E-state index contributed by atoms with van der Waals surface area (Å²) in [7, 11) is 0. The second kappa shape index (κ2) is 13.6. The molecule has 0 saturated carbocycles. The van der Waals surface area contributed by atoms with Gasteiger partial charge in [-0.2, -0.15) is 0 Å². The molecule has 0 saturated heterocycles. The first-order valence-corrected chi connectivity index (χ1v) is 13.3. The fraction of sp³-hybridized carbons (Fsp3) is 0.655. The lowest BCUT2D eigenvalue weighted by Crippen LogP contribution is -2.16. The van der Waals surface area contributed by atoms with E-state index in [2.05, 4.69) is 51.2 Å². The molecule has 3 nitrogen and oxygen atoms in total. The number of aryl methyl sites for hydroxylation is 1. The summed E-state index contributed by atoms with van der Waals surface area (Å²) < 4.78 is 6.06. The number of rotatable bonds is 14. The van der Waals surface area contributed by atoms with Gasteiger partial charge in [0.2, 0.25) is 0 Å². The Hall–Kier alpha value is -1.90. The van der Waals surface area contributed by atoms with Gasteiger partial charge in [0.25, 0.3) is 0 Å². The molecule has 1 aliphatic carbocycles. The summed E-state index contributed by atoms with van der Waals surface area (Å²) in [4.78, 5) is 9.65. The summed E-state index contributed by atoms with van der Waals surface area (Å²) in [6, 6.07) is 8.34. The van der Waals surface area contributed by atoms with Crippen LogP contribution in [0, 0.1) is 11.8 Å². The molecule has 176 valence electrons. The van der Waals surface area contributed by atoms with Crippen molar-refractivity contribution < 1.29 is 4.74 Å². The molecule has 1 aliphatic rings. The van der Waals surface area contributed by atoms with Gasteiger partial charge in [0.1, 0.15) is 5.75 Å². The summed E-state index contributed by atoms with van der Waals surface area (Å²) >= 11 is 0. The first-order chi connectivity index (χ1) is 15.7.